The van der Waals surface area contributed by atoms with Gasteiger partial charge in [-0.25, -0.2) is 9.59 Å². The monoisotopic (exact) mass is 391 g/mol. The van der Waals surface area contributed by atoms with Crippen molar-refractivity contribution >= 4 is 29.4 Å². The van der Waals surface area contributed by atoms with Gasteiger partial charge in [-0.2, -0.15) is 13.2 Å². The Bertz CT molecular complexity index is 796. The molecule has 2 rings (SSSR count). The molecule has 0 aromatic heterocycles. The first-order chi connectivity index (χ1) is 12.0. The van der Waals surface area contributed by atoms with Gasteiger partial charge in [0.05, 0.1) is 12.8 Å². The lowest BCUT2D eigenvalue weighted by atomic mass is 10.0. The van der Waals surface area contributed by atoms with Gasteiger partial charge in [-0.3, -0.25) is 5.32 Å². The van der Waals surface area contributed by atoms with Crippen molar-refractivity contribution in [3.8, 4) is 16.9 Å². The van der Waals surface area contributed by atoms with Gasteiger partial charge in [0.2, 0.25) is 0 Å². The van der Waals surface area contributed by atoms with Gasteiger partial charge in [0.15, 0.2) is 0 Å². The van der Waals surface area contributed by atoms with Crippen LogP contribution in [-0.4, -0.2) is 35.6 Å². The van der Waals surface area contributed by atoms with Gasteiger partial charge in [-0.05, 0) is 29.8 Å². The number of methoxy groups -OCH3 is 1. The summed E-state index contributed by atoms with van der Waals surface area (Å²) in [5.41, 5.74) is 2.03. The molecular weight excluding hydrogens is 379 g/mol. The summed E-state index contributed by atoms with van der Waals surface area (Å²) in [5.74, 6) is -2.18. The number of halogens is 4. The van der Waals surface area contributed by atoms with Crippen LogP contribution in [0.4, 0.5) is 23.7 Å². The fourth-order valence-corrected chi connectivity index (χ4v) is 1.97. The maximum Gasteiger partial charge on any atom is 0.490 e. The van der Waals surface area contributed by atoms with Crippen LogP contribution in [0.15, 0.2) is 42.5 Å². The highest BCUT2D eigenvalue weighted by molar-refractivity contribution is 6.30. The van der Waals surface area contributed by atoms with Crippen LogP contribution in [0, 0.1) is 0 Å². The Morgan fingerprint density at radius 2 is 1.73 bits per heavy atom. The Labute approximate surface area is 150 Å². The van der Waals surface area contributed by atoms with E-state index in [0.717, 1.165) is 11.1 Å². The Hall–Kier alpha value is -2.94. The topological polar surface area (TPSA) is 95.9 Å². The molecule has 3 N–H and O–H groups in total. The van der Waals surface area contributed by atoms with E-state index in [1.54, 1.807) is 30.3 Å². The lowest BCUT2D eigenvalue weighted by Crippen LogP contribution is -2.21. The molecule has 6 nitrogen and oxygen atoms in total. The van der Waals surface area contributed by atoms with E-state index in [4.69, 9.17) is 31.3 Å². The number of carboxylic acid groups (broad SMARTS) is 2. The zero-order chi connectivity index (χ0) is 19.9. The third-order valence-electron chi connectivity index (χ3n) is 2.85. The summed E-state index contributed by atoms with van der Waals surface area (Å²) in [7, 11) is 1.53. The summed E-state index contributed by atoms with van der Waals surface area (Å²) >= 11 is 5.95. The number of hydrogen-bond donors (Lipinski definition) is 3. The number of carboxylic acids is 1. The maximum absolute atomic E-state index is 10.8. The number of rotatable bonds is 3. The first kappa shape index (κ1) is 21.1. The number of alkyl halides is 3. The second kappa shape index (κ2) is 8.95. The van der Waals surface area contributed by atoms with Crippen molar-refractivity contribution in [3.05, 3.63) is 47.5 Å². The van der Waals surface area contributed by atoms with E-state index >= 15 is 0 Å². The molecule has 0 spiro atoms. The number of amides is 1. The highest BCUT2D eigenvalue weighted by Crippen LogP contribution is 2.32. The van der Waals surface area contributed by atoms with Crippen molar-refractivity contribution in [3.63, 3.8) is 0 Å². The molecule has 0 fully saturated rings. The fourth-order valence-electron chi connectivity index (χ4n) is 1.78. The van der Waals surface area contributed by atoms with E-state index in [1.807, 2.05) is 12.1 Å². The lowest BCUT2D eigenvalue weighted by molar-refractivity contribution is -0.192. The molecular formula is C16H13ClF3NO5. The Balaban J connectivity index is 0.000000412. The zero-order valence-electron chi connectivity index (χ0n) is 13.2. The van der Waals surface area contributed by atoms with Gasteiger partial charge in [0.1, 0.15) is 5.75 Å². The number of aliphatic carboxylic acids is 1. The number of hydrogen-bond acceptors (Lipinski definition) is 3. The normalized spacial score (nSPS) is 10.3. The maximum atomic E-state index is 10.8. The summed E-state index contributed by atoms with van der Waals surface area (Å²) in [4.78, 5) is 19.7. The van der Waals surface area contributed by atoms with Gasteiger partial charge in [0, 0.05) is 16.7 Å². The first-order valence-corrected chi connectivity index (χ1v) is 7.16. The zero-order valence-corrected chi connectivity index (χ0v) is 13.9. The molecule has 0 aliphatic rings. The smallest absolute Gasteiger partial charge is 0.490 e. The summed E-state index contributed by atoms with van der Waals surface area (Å²) in [6.45, 7) is 0. The molecule has 0 atom stereocenters. The Kier molecular flexibility index (Phi) is 7.27. The average molecular weight is 392 g/mol. The number of benzene rings is 2. The third-order valence-corrected chi connectivity index (χ3v) is 3.08. The van der Waals surface area contributed by atoms with Crippen LogP contribution in [0.2, 0.25) is 5.02 Å². The lowest BCUT2D eigenvalue weighted by Gasteiger charge is -2.11. The van der Waals surface area contributed by atoms with Crippen LogP contribution < -0.4 is 10.1 Å². The van der Waals surface area contributed by atoms with Crippen molar-refractivity contribution in [2.24, 2.45) is 0 Å². The van der Waals surface area contributed by atoms with Crippen LogP contribution in [0.25, 0.3) is 11.1 Å². The molecule has 2 aromatic carbocycles. The van der Waals surface area contributed by atoms with E-state index in [-0.39, 0.29) is 0 Å². The molecule has 0 bridgehead atoms. The molecule has 0 saturated heterocycles. The standard InChI is InChI=1S/C14H12ClNO3.C2HF3O2/c1-19-11-5-6-12(13(8-11)16-14(17)18)9-3-2-4-10(15)7-9;3-2(4,5)1(6)7/h2-8,16H,1H3,(H,17,18);(H,6,7). The quantitative estimate of drug-likeness (QED) is 0.702. The average Bonchev–Trinajstić information content (AvgIpc) is 2.53. The molecule has 0 unspecified atom stereocenters. The highest BCUT2D eigenvalue weighted by atomic mass is 35.5. The molecule has 2 aromatic rings. The molecule has 0 saturated carbocycles. The minimum Gasteiger partial charge on any atom is -0.497 e. The van der Waals surface area contributed by atoms with Crippen LogP contribution in [0.1, 0.15) is 0 Å². The van der Waals surface area contributed by atoms with E-state index in [9.17, 15) is 18.0 Å². The summed E-state index contributed by atoms with van der Waals surface area (Å²) < 4.78 is 36.8. The van der Waals surface area contributed by atoms with E-state index in [1.165, 1.54) is 7.11 Å². The van der Waals surface area contributed by atoms with Crippen LogP contribution in [0.5, 0.6) is 5.75 Å². The first-order valence-electron chi connectivity index (χ1n) is 6.78. The predicted molar refractivity (Wildman–Crippen MR) is 88.8 cm³/mol. The third kappa shape index (κ3) is 6.52. The van der Waals surface area contributed by atoms with Gasteiger partial charge in [-0.15, -0.1) is 0 Å². The molecule has 0 aliphatic carbocycles. The number of nitrogens with one attached hydrogen (secondary N) is 1. The highest BCUT2D eigenvalue weighted by Gasteiger charge is 2.38. The molecule has 0 radical (unpaired) electrons. The van der Waals surface area contributed by atoms with Crippen molar-refractivity contribution in [2.75, 3.05) is 12.4 Å². The van der Waals surface area contributed by atoms with Gasteiger partial charge < -0.3 is 14.9 Å². The number of anilines is 1. The van der Waals surface area contributed by atoms with Crippen molar-refractivity contribution < 1.29 is 37.7 Å². The summed E-state index contributed by atoms with van der Waals surface area (Å²) in [6, 6.07) is 12.4. The molecule has 1 amide bonds. The van der Waals surface area contributed by atoms with Crippen LogP contribution in [0.3, 0.4) is 0 Å². The van der Waals surface area contributed by atoms with Crippen molar-refractivity contribution in [1.82, 2.24) is 0 Å². The van der Waals surface area contributed by atoms with E-state index in [2.05, 4.69) is 5.32 Å². The SMILES string of the molecule is COc1ccc(-c2cccc(Cl)c2)c(NC(=O)O)c1.O=C(O)C(F)(F)F. The fraction of sp³-hybridized carbons (Fsp3) is 0.125. The number of ether oxygens (including phenoxy) is 1. The van der Waals surface area contributed by atoms with Crippen molar-refractivity contribution in [1.29, 1.82) is 0 Å². The van der Waals surface area contributed by atoms with Crippen molar-refractivity contribution in [2.45, 2.75) is 6.18 Å². The van der Waals surface area contributed by atoms with E-state index in [0.29, 0.717) is 16.5 Å². The van der Waals surface area contributed by atoms with E-state index < -0.39 is 18.2 Å². The van der Waals surface area contributed by atoms with Crippen LogP contribution >= 0.6 is 11.6 Å². The van der Waals surface area contributed by atoms with Gasteiger partial charge in [-0.1, -0.05) is 23.7 Å². The summed E-state index contributed by atoms with van der Waals surface area (Å²) in [5, 5.41) is 19.0. The molecule has 140 valence electrons. The largest absolute Gasteiger partial charge is 0.497 e. The van der Waals surface area contributed by atoms with Crippen LogP contribution in [-0.2, 0) is 4.79 Å². The predicted octanol–water partition coefficient (Wildman–Crippen LogP) is 4.74. The molecule has 0 heterocycles. The van der Waals surface area contributed by atoms with Gasteiger partial charge in [0.25, 0.3) is 0 Å². The minimum absolute atomic E-state index is 0.453. The molecule has 26 heavy (non-hydrogen) atoms. The second-order valence-corrected chi connectivity index (χ2v) is 5.09. The Morgan fingerprint density at radius 1 is 1.12 bits per heavy atom. The minimum atomic E-state index is -5.08. The van der Waals surface area contributed by atoms with Gasteiger partial charge >= 0.3 is 18.2 Å². The second-order valence-electron chi connectivity index (χ2n) is 4.65. The molecule has 10 heteroatoms. The summed E-state index contributed by atoms with van der Waals surface area (Å²) in [6.07, 6.45) is -6.21. The molecule has 0 aliphatic heterocycles. The number of carbonyl (C=O) groups is 2. The Morgan fingerprint density at radius 3 is 2.19 bits per heavy atom.